The summed E-state index contributed by atoms with van der Waals surface area (Å²) in [6.45, 7) is 12.9. The minimum atomic E-state index is -2.41. The molecule has 0 amide bonds. The van der Waals surface area contributed by atoms with E-state index < -0.39 is 13.2 Å². The second kappa shape index (κ2) is 31.3. The Hall–Kier alpha value is -0.920. The Morgan fingerprint density at radius 3 is 1.00 bits per heavy atom. The number of aromatic hydroxyl groups is 1. The van der Waals surface area contributed by atoms with Gasteiger partial charge in [0.05, 0.1) is 0 Å². The summed E-state index contributed by atoms with van der Waals surface area (Å²) in [5.41, 5.74) is 2.45. The fourth-order valence-corrected chi connectivity index (χ4v) is 9.32. The van der Waals surface area contributed by atoms with Gasteiger partial charge in [-0.25, -0.2) is 0 Å². The summed E-state index contributed by atoms with van der Waals surface area (Å²) in [6.07, 6.45) is 44.1. The van der Waals surface area contributed by atoms with Gasteiger partial charge in [-0.1, -0.05) is 227 Å². The first-order valence-electron chi connectivity index (χ1n) is 23.1. The predicted molar refractivity (Wildman–Crippen MR) is 231 cm³/mol. The Morgan fingerprint density at radius 2 is 0.750 bits per heavy atom. The van der Waals surface area contributed by atoms with E-state index in [-0.39, 0.29) is 5.41 Å². The van der Waals surface area contributed by atoms with Crippen molar-refractivity contribution in [2.24, 2.45) is 0 Å². The second-order valence-electron chi connectivity index (χ2n) is 17.9. The van der Waals surface area contributed by atoms with Crippen molar-refractivity contribution in [3.63, 3.8) is 0 Å². The van der Waals surface area contributed by atoms with E-state index in [1.165, 1.54) is 180 Å². The zero-order chi connectivity index (χ0) is 38.3. The van der Waals surface area contributed by atoms with Crippen LogP contribution in [0.5, 0.6) is 5.75 Å². The molecule has 1 aromatic carbocycles. The largest absolute Gasteiger partial charge is 0.516 e. The third kappa shape index (κ3) is 22.5. The normalized spacial score (nSPS) is 12.6. The minimum absolute atomic E-state index is 0.236. The number of benzene rings is 1. The van der Waals surface area contributed by atoms with Crippen molar-refractivity contribution in [1.82, 2.24) is 0 Å². The molecule has 0 aromatic heterocycles. The van der Waals surface area contributed by atoms with E-state index in [1.54, 1.807) is 0 Å². The highest BCUT2D eigenvalue weighted by Crippen LogP contribution is 2.53. The van der Waals surface area contributed by atoms with Crippen LogP contribution in [-0.4, -0.2) is 10.00 Å². The molecule has 0 saturated heterocycles. The number of hydrogen-bond donors (Lipinski definition) is 2. The molecule has 0 bridgehead atoms. The molecule has 1 unspecified atom stereocenters. The Morgan fingerprint density at radius 1 is 0.481 bits per heavy atom. The van der Waals surface area contributed by atoms with Crippen LogP contribution in [0.1, 0.15) is 270 Å². The van der Waals surface area contributed by atoms with Crippen LogP contribution in [0.2, 0.25) is 0 Å². The first-order chi connectivity index (χ1) is 25.1. The molecule has 0 heterocycles. The van der Waals surface area contributed by atoms with Crippen LogP contribution < -0.4 is 0 Å². The van der Waals surface area contributed by atoms with Gasteiger partial charge in [-0.3, -0.25) is 0 Å². The van der Waals surface area contributed by atoms with E-state index in [0.29, 0.717) is 5.75 Å². The monoisotopic (exact) mass is 746 g/mol. The van der Waals surface area contributed by atoms with Crippen molar-refractivity contribution in [1.29, 1.82) is 0 Å². The third-order valence-corrected chi connectivity index (χ3v) is 13.3. The van der Waals surface area contributed by atoms with E-state index in [2.05, 4.69) is 40.7 Å². The average Bonchev–Trinajstić information content (AvgIpc) is 3.10. The number of aryl methyl sites for hydroxylation is 1. The zero-order valence-electron chi connectivity index (χ0n) is 35.9. The highest BCUT2D eigenvalue weighted by Gasteiger charge is 2.50. The van der Waals surface area contributed by atoms with Gasteiger partial charge < -0.3 is 5.11 Å². The quantitative estimate of drug-likeness (QED) is 0.0531. The van der Waals surface area contributed by atoms with Crippen LogP contribution in [0, 0.1) is 6.92 Å². The van der Waals surface area contributed by atoms with Gasteiger partial charge in [0.2, 0.25) is 5.16 Å². The molecule has 0 aliphatic rings. The van der Waals surface area contributed by atoms with Crippen LogP contribution >= 0.6 is 8.03 Å². The van der Waals surface area contributed by atoms with Gasteiger partial charge in [0.25, 0.3) is 0 Å². The molecule has 0 saturated carbocycles. The lowest BCUT2D eigenvalue weighted by Crippen LogP contribution is -2.24. The molecule has 0 fully saturated rings. The molecular weight excluding hydrogens is 655 g/mol. The summed E-state index contributed by atoms with van der Waals surface area (Å²) < 4.78 is 13.4. The molecule has 1 aromatic rings. The van der Waals surface area contributed by atoms with E-state index in [9.17, 15) is 14.6 Å². The number of phenolic OH excluding ortho intramolecular Hbond substituents is 1. The summed E-state index contributed by atoms with van der Waals surface area (Å²) in [7, 11) is -2.41. The molecule has 3 nitrogen and oxygen atoms in total. The highest BCUT2D eigenvalue weighted by molar-refractivity contribution is 7.39. The van der Waals surface area contributed by atoms with E-state index in [4.69, 9.17) is 0 Å². The molecule has 52 heavy (non-hydrogen) atoms. The number of rotatable bonds is 36. The summed E-state index contributed by atoms with van der Waals surface area (Å²) >= 11 is 0. The Bertz CT molecular complexity index is 960. The lowest BCUT2D eigenvalue weighted by Gasteiger charge is -2.27. The van der Waals surface area contributed by atoms with Gasteiger partial charge in [-0.15, -0.1) is 0 Å². The third-order valence-electron chi connectivity index (χ3n) is 11.9. The topological polar surface area (TPSA) is 57.5 Å². The van der Waals surface area contributed by atoms with Gasteiger partial charge >= 0.3 is 8.03 Å². The first-order valence-corrected chi connectivity index (χ1v) is 24.3. The fourth-order valence-electron chi connectivity index (χ4n) is 8.27. The Kier molecular flexibility index (Phi) is 29.6. The highest BCUT2D eigenvalue weighted by atomic mass is 31.1. The van der Waals surface area contributed by atoms with Crippen LogP contribution in [0.3, 0.4) is 0 Å². The average molecular weight is 746 g/mol. The van der Waals surface area contributed by atoms with Gasteiger partial charge in [0, 0.05) is 18.4 Å². The minimum Gasteiger partial charge on any atom is -0.507 e. The molecular formula is C48H90O3P+. The zero-order valence-corrected chi connectivity index (χ0v) is 36.8. The van der Waals surface area contributed by atoms with Crippen LogP contribution in [0.4, 0.5) is 0 Å². The number of hydrogen-bond acceptors (Lipinski definition) is 2. The maximum atomic E-state index is 13.4. The van der Waals surface area contributed by atoms with Crippen LogP contribution in [0.25, 0.3) is 0 Å². The van der Waals surface area contributed by atoms with E-state index in [1.807, 2.05) is 13.0 Å². The Labute approximate surface area is 326 Å². The van der Waals surface area contributed by atoms with Crippen molar-refractivity contribution in [2.45, 2.75) is 270 Å². The van der Waals surface area contributed by atoms with Crippen molar-refractivity contribution < 1.29 is 14.6 Å². The van der Waals surface area contributed by atoms with Gasteiger partial charge in [-0.05, 0) is 53.0 Å². The molecule has 0 spiro atoms. The van der Waals surface area contributed by atoms with Crippen molar-refractivity contribution in [2.75, 3.05) is 0 Å². The second-order valence-corrected chi connectivity index (χ2v) is 19.3. The lowest BCUT2D eigenvalue weighted by atomic mass is 9.80. The summed E-state index contributed by atoms with van der Waals surface area (Å²) in [6, 6.07) is 4.09. The van der Waals surface area contributed by atoms with Crippen LogP contribution in [-0.2, 0) is 15.1 Å². The molecule has 0 aliphatic carbocycles. The van der Waals surface area contributed by atoms with Gasteiger partial charge in [0.15, 0.2) is 0 Å². The number of phenols is 1. The van der Waals surface area contributed by atoms with Gasteiger partial charge in [-0.2, -0.15) is 4.89 Å². The summed E-state index contributed by atoms with van der Waals surface area (Å²) in [5, 5.41) is 10.2. The molecule has 304 valence electrons. The maximum Gasteiger partial charge on any atom is 0.516 e. The van der Waals surface area contributed by atoms with Crippen molar-refractivity contribution in [3.05, 3.63) is 28.8 Å². The van der Waals surface area contributed by atoms with E-state index >= 15 is 0 Å². The van der Waals surface area contributed by atoms with Gasteiger partial charge in [0.1, 0.15) is 5.75 Å². The molecule has 4 heteroatoms. The molecule has 0 aliphatic heterocycles. The SMILES string of the molecule is CCCCCCCCCCCCCCCCCCC(CCCCCCCCCCCCCCCCCC)(c1cc(C)c(O)c(C(C)(C)C)c1)[P+](=O)O. The predicted octanol–water partition coefficient (Wildman–Crippen LogP) is 17.2. The fraction of sp³-hybridized carbons (Fsp3) is 0.875. The summed E-state index contributed by atoms with van der Waals surface area (Å²) in [5.74, 6) is 0.336. The maximum absolute atomic E-state index is 13.4. The molecule has 1 atom stereocenters. The standard InChI is InChI=1S/C48H89O3P/c1-7-9-11-13-15-17-19-21-23-25-27-29-31-33-35-37-39-48(52(50)51,44-41-43(3)46(49)45(42-44)47(4,5)6)40-38-36-34-32-30-28-26-24-22-20-18-16-14-12-10-8-2/h41-42H,7-40H2,1-6H3,(H-,49,50,51)/p+1. The molecule has 1 rings (SSSR count). The molecule has 0 radical (unpaired) electrons. The summed E-state index contributed by atoms with van der Waals surface area (Å²) in [4.78, 5) is 11.1. The Balaban J connectivity index is 2.52. The van der Waals surface area contributed by atoms with E-state index in [0.717, 1.165) is 55.2 Å². The number of unbranched alkanes of at least 4 members (excludes halogenated alkanes) is 30. The molecule has 2 N–H and O–H groups in total. The lowest BCUT2D eigenvalue weighted by molar-refractivity contribution is 0.385. The van der Waals surface area contributed by atoms with Crippen molar-refractivity contribution in [3.8, 4) is 5.75 Å². The smallest absolute Gasteiger partial charge is 0.507 e. The van der Waals surface area contributed by atoms with Crippen molar-refractivity contribution >= 4 is 8.03 Å². The first kappa shape index (κ1) is 49.1. The van der Waals surface area contributed by atoms with Crippen LogP contribution in [0.15, 0.2) is 12.1 Å².